The second-order valence-electron chi connectivity index (χ2n) is 4.72. The number of aromatic amines is 2. The molecule has 1 aliphatic heterocycles. The van der Waals surface area contributed by atoms with Crippen LogP contribution < -0.4 is 5.56 Å². The molecule has 0 radical (unpaired) electrons. The van der Waals surface area contributed by atoms with Crippen molar-refractivity contribution < 1.29 is 5.11 Å². The topological polar surface area (TPSA) is 72.1 Å². The van der Waals surface area contributed by atoms with E-state index in [1.807, 2.05) is 0 Å². The van der Waals surface area contributed by atoms with Crippen LogP contribution in [0.15, 0.2) is 4.79 Å². The van der Waals surface area contributed by atoms with E-state index < -0.39 is 0 Å². The zero-order valence-electron chi connectivity index (χ0n) is 9.82. The van der Waals surface area contributed by atoms with Crippen LogP contribution in [0.1, 0.15) is 25.3 Å². The third kappa shape index (κ3) is 2.95. The van der Waals surface area contributed by atoms with Gasteiger partial charge in [0.1, 0.15) is 0 Å². The highest BCUT2D eigenvalue weighted by Gasteiger charge is 2.19. The van der Waals surface area contributed by atoms with Crippen LogP contribution in [0.25, 0.3) is 0 Å². The van der Waals surface area contributed by atoms with E-state index in [0.29, 0.717) is 18.0 Å². The highest BCUT2D eigenvalue weighted by Crippen LogP contribution is 2.18. The highest BCUT2D eigenvalue weighted by atomic mass is 32.1. The van der Waals surface area contributed by atoms with Gasteiger partial charge in [-0.05, 0) is 37.5 Å². The summed E-state index contributed by atoms with van der Waals surface area (Å²) >= 11 is 4.79. The van der Waals surface area contributed by atoms with Gasteiger partial charge in [-0.2, -0.15) is 0 Å². The SMILES string of the molecule is C[C@H]1CCCN(Cc2c(O)[nH]c(=S)[nH]c2=O)C1. The van der Waals surface area contributed by atoms with Crippen LogP contribution in [0.4, 0.5) is 0 Å². The van der Waals surface area contributed by atoms with Crippen LogP contribution in [0, 0.1) is 10.7 Å². The molecule has 0 bridgehead atoms. The number of likely N-dealkylation sites (tertiary alicyclic amines) is 1. The fourth-order valence-corrected chi connectivity index (χ4v) is 2.49. The Labute approximate surface area is 104 Å². The van der Waals surface area contributed by atoms with Gasteiger partial charge in [0.2, 0.25) is 5.88 Å². The Morgan fingerprint density at radius 2 is 2.29 bits per heavy atom. The number of hydrogen-bond donors (Lipinski definition) is 3. The Balaban J connectivity index is 2.18. The number of nitrogens with one attached hydrogen (secondary N) is 2. The molecule has 2 rings (SSSR count). The first kappa shape index (κ1) is 12.3. The molecule has 1 aromatic heterocycles. The molecule has 17 heavy (non-hydrogen) atoms. The first-order valence-electron chi connectivity index (χ1n) is 5.83. The number of hydrogen-bond acceptors (Lipinski definition) is 4. The van der Waals surface area contributed by atoms with E-state index in [0.717, 1.165) is 19.5 Å². The molecule has 1 atom stereocenters. The lowest BCUT2D eigenvalue weighted by atomic mass is 10.00. The van der Waals surface area contributed by atoms with Crippen molar-refractivity contribution in [2.24, 2.45) is 5.92 Å². The Morgan fingerprint density at radius 3 is 2.94 bits per heavy atom. The predicted octanol–water partition coefficient (Wildman–Crippen LogP) is 1.37. The lowest BCUT2D eigenvalue weighted by Gasteiger charge is -2.30. The molecule has 5 nitrogen and oxygen atoms in total. The molecular formula is C11H17N3O2S. The number of H-pyrrole nitrogens is 2. The average molecular weight is 255 g/mol. The molecular weight excluding hydrogens is 238 g/mol. The molecule has 3 N–H and O–H groups in total. The van der Waals surface area contributed by atoms with Crippen molar-refractivity contribution in [3.8, 4) is 5.88 Å². The molecule has 1 aromatic rings. The average Bonchev–Trinajstić information content (AvgIpc) is 2.23. The zero-order valence-corrected chi connectivity index (χ0v) is 10.6. The standard InChI is InChI=1S/C11H17N3O2S/c1-7-3-2-4-14(5-7)6-8-9(15)12-11(17)13-10(8)16/h7H,2-6H2,1H3,(H3,12,13,15,16,17)/t7-/m0/s1. The molecule has 0 aromatic carbocycles. The minimum Gasteiger partial charge on any atom is -0.494 e. The van der Waals surface area contributed by atoms with Crippen LogP contribution in [-0.2, 0) is 6.54 Å². The first-order chi connectivity index (χ1) is 8.06. The van der Waals surface area contributed by atoms with Gasteiger partial charge in [-0.1, -0.05) is 6.92 Å². The molecule has 94 valence electrons. The van der Waals surface area contributed by atoms with Crippen molar-refractivity contribution in [1.29, 1.82) is 0 Å². The van der Waals surface area contributed by atoms with Crippen molar-refractivity contribution >= 4 is 12.2 Å². The van der Waals surface area contributed by atoms with E-state index in [9.17, 15) is 9.90 Å². The number of nitrogens with zero attached hydrogens (tertiary/aromatic N) is 1. The maximum atomic E-state index is 11.7. The van der Waals surface area contributed by atoms with E-state index in [-0.39, 0.29) is 16.2 Å². The summed E-state index contributed by atoms with van der Waals surface area (Å²) in [6.45, 7) is 4.61. The van der Waals surface area contributed by atoms with Gasteiger partial charge in [0.25, 0.3) is 5.56 Å². The van der Waals surface area contributed by atoms with Crippen molar-refractivity contribution in [2.75, 3.05) is 13.1 Å². The second-order valence-corrected chi connectivity index (χ2v) is 5.13. The maximum Gasteiger partial charge on any atom is 0.260 e. The molecule has 0 unspecified atom stereocenters. The zero-order chi connectivity index (χ0) is 12.4. The molecule has 1 aliphatic rings. The fourth-order valence-electron chi connectivity index (χ4n) is 2.30. The smallest absolute Gasteiger partial charge is 0.260 e. The van der Waals surface area contributed by atoms with Crippen LogP contribution in [0.3, 0.4) is 0 Å². The van der Waals surface area contributed by atoms with Crippen LogP contribution >= 0.6 is 12.2 Å². The highest BCUT2D eigenvalue weighted by molar-refractivity contribution is 7.71. The minimum atomic E-state index is -0.301. The Hall–Kier alpha value is -1.14. The Kier molecular flexibility index (Phi) is 3.63. The predicted molar refractivity (Wildman–Crippen MR) is 67.6 cm³/mol. The van der Waals surface area contributed by atoms with Gasteiger partial charge in [-0.15, -0.1) is 0 Å². The first-order valence-corrected chi connectivity index (χ1v) is 6.24. The Bertz CT molecular complexity index is 508. The summed E-state index contributed by atoms with van der Waals surface area (Å²) in [6, 6.07) is 0. The van der Waals surface area contributed by atoms with Crippen LogP contribution in [-0.4, -0.2) is 33.1 Å². The third-order valence-corrected chi connectivity index (χ3v) is 3.35. The van der Waals surface area contributed by atoms with Gasteiger partial charge in [-0.25, -0.2) is 0 Å². The summed E-state index contributed by atoms with van der Waals surface area (Å²) in [4.78, 5) is 18.9. The number of aromatic hydroxyl groups is 1. The number of piperidine rings is 1. The van der Waals surface area contributed by atoms with E-state index >= 15 is 0 Å². The van der Waals surface area contributed by atoms with Gasteiger partial charge >= 0.3 is 0 Å². The van der Waals surface area contributed by atoms with Crippen molar-refractivity contribution in [1.82, 2.24) is 14.9 Å². The van der Waals surface area contributed by atoms with E-state index in [1.54, 1.807) is 0 Å². The summed E-state index contributed by atoms with van der Waals surface area (Å²) in [7, 11) is 0. The summed E-state index contributed by atoms with van der Waals surface area (Å²) in [5, 5.41) is 9.70. The molecule has 1 fully saturated rings. The van der Waals surface area contributed by atoms with Crippen molar-refractivity contribution in [2.45, 2.75) is 26.3 Å². The quantitative estimate of drug-likeness (QED) is 0.698. The largest absolute Gasteiger partial charge is 0.494 e. The van der Waals surface area contributed by atoms with Crippen molar-refractivity contribution in [3.63, 3.8) is 0 Å². The van der Waals surface area contributed by atoms with Gasteiger partial charge in [-0.3, -0.25) is 14.7 Å². The molecule has 1 saturated heterocycles. The van der Waals surface area contributed by atoms with Gasteiger partial charge in [0, 0.05) is 13.1 Å². The molecule has 0 aliphatic carbocycles. The molecule has 6 heteroatoms. The molecule has 0 spiro atoms. The second kappa shape index (κ2) is 5.01. The fraction of sp³-hybridized carbons (Fsp3) is 0.636. The summed E-state index contributed by atoms with van der Waals surface area (Å²) < 4.78 is 0.156. The lowest BCUT2D eigenvalue weighted by Crippen LogP contribution is -2.35. The summed E-state index contributed by atoms with van der Waals surface area (Å²) in [5.74, 6) is 0.532. The van der Waals surface area contributed by atoms with Crippen LogP contribution in [0.5, 0.6) is 5.88 Å². The maximum absolute atomic E-state index is 11.7. The molecule has 0 saturated carbocycles. The van der Waals surface area contributed by atoms with Crippen molar-refractivity contribution in [3.05, 3.63) is 20.7 Å². The Morgan fingerprint density at radius 1 is 1.53 bits per heavy atom. The number of rotatable bonds is 2. The van der Waals surface area contributed by atoms with E-state index in [1.165, 1.54) is 6.42 Å². The number of aromatic nitrogens is 2. The summed E-state index contributed by atoms with van der Waals surface area (Å²) in [6.07, 6.45) is 2.37. The summed E-state index contributed by atoms with van der Waals surface area (Å²) in [5.41, 5.74) is 0.0668. The van der Waals surface area contributed by atoms with Gasteiger partial charge in [0.15, 0.2) is 4.77 Å². The minimum absolute atomic E-state index is 0.114. The van der Waals surface area contributed by atoms with Gasteiger partial charge < -0.3 is 10.1 Å². The monoisotopic (exact) mass is 255 g/mol. The third-order valence-electron chi connectivity index (χ3n) is 3.14. The van der Waals surface area contributed by atoms with Crippen LogP contribution in [0.2, 0.25) is 0 Å². The normalized spacial score (nSPS) is 21.6. The van der Waals surface area contributed by atoms with E-state index in [4.69, 9.17) is 12.2 Å². The van der Waals surface area contributed by atoms with Gasteiger partial charge in [0.05, 0.1) is 5.56 Å². The molecule has 2 heterocycles. The molecule has 0 amide bonds. The van der Waals surface area contributed by atoms with E-state index in [2.05, 4.69) is 21.8 Å². The lowest BCUT2D eigenvalue weighted by molar-refractivity contribution is 0.174.